The Morgan fingerprint density at radius 3 is 2.44 bits per heavy atom. The number of hydrogen-bond acceptors (Lipinski definition) is 5. The smallest absolute Gasteiger partial charge is 0.337 e. The zero-order valence-corrected chi connectivity index (χ0v) is 14.5. The number of aryl methyl sites for hydroxylation is 1. The average molecular weight is 358 g/mol. The maximum atomic E-state index is 11.4. The Kier molecular flexibility index (Phi) is 5.00. The SMILES string of the molecule is COC(=O)c1ccc(OCc2nc(C)n(-c3ccc(Cl)cc3)n2)cc1. The number of carbonyl (C=O) groups excluding carboxylic acids is 1. The van der Waals surface area contributed by atoms with Gasteiger partial charge < -0.3 is 9.47 Å². The van der Waals surface area contributed by atoms with E-state index < -0.39 is 0 Å². The molecule has 7 heteroatoms. The van der Waals surface area contributed by atoms with Crippen LogP contribution in [0.15, 0.2) is 48.5 Å². The van der Waals surface area contributed by atoms with E-state index in [-0.39, 0.29) is 12.6 Å². The van der Waals surface area contributed by atoms with Gasteiger partial charge in [-0.15, -0.1) is 5.10 Å². The highest BCUT2D eigenvalue weighted by atomic mass is 35.5. The Hall–Kier alpha value is -2.86. The second-order valence-electron chi connectivity index (χ2n) is 5.27. The summed E-state index contributed by atoms with van der Waals surface area (Å²) in [7, 11) is 1.34. The minimum atomic E-state index is -0.384. The van der Waals surface area contributed by atoms with Crippen molar-refractivity contribution in [3.05, 3.63) is 70.8 Å². The number of benzene rings is 2. The van der Waals surface area contributed by atoms with Gasteiger partial charge in [-0.3, -0.25) is 0 Å². The van der Waals surface area contributed by atoms with Crippen LogP contribution in [0.1, 0.15) is 22.0 Å². The molecule has 0 atom stereocenters. The number of esters is 1. The van der Waals surface area contributed by atoms with Crippen LogP contribution in [0.3, 0.4) is 0 Å². The fourth-order valence-corrected chi connectivity index (χ4v) is 2.41. The Balaban J connectivity index is 1.69. The molecule has 2 aromatic carbocycles. The zero-order chi connectivity index (χ0) is 17.8. The highest BCUT2D eigenvalue weighted by molar-refractivity contribution is 6.30. The van der Waals surface area contributed by atoms with Gasteiger partial charge in [0, 0.05) is 5.02 Å². The third-order valence-corrected chi connectivity index (χ3v) is 3.78. The molecule has 3 rings (SSSR count). The van der Waals surface area contributed by atoms with Crippen molar-refractivity contribution in [2.45, 2.75) is 13.5 Å². The molecule has 1 aromatic heterocycles. The van der Waals surface area contributed by atoms with Gasteiger partial charge in [-0.1, -0.05) is 11.6 Å². The maximum absolute atomic E-state index is 11.4. The minimum absolute atomic E-state index is 0.221. The molecule has 0 unspecified atom stereocenters. The molecule has 0 bridgehead atoms. The normalized spacial score (nSPS) is 10.5. The van der Waals surface area contributed by atoms with Crippen LogP contribution in [-0.2, 0) is 11.3 Å². The molecule has 0 aliphatic heterocycles. The number of nitrogens with zero attached hydrogens (tertiary/aromatic N) is 3. The zero-order valence-electron chi connectivity index (χ0n) is 13.8. The summed E-state index contributed by atoms with van der Waals surface area (Å²) in [5.74, 6) is 1.55. The van der Waals surface area contributed by atoms with Crippen LogP contribution in [0, 0.1) is 6.92 Å². The summed E-state index contributed by atoms with van der Waals surface area (Å²) < 4.78 is 12.1. The van der Waals surface area contributed by atoms with Gasteiger partial charge in [0.1, 0.15) is 18.2 Å². The van der Waals surface area contributed by atoms with Crippen LogP contribution in [0.5, 0.6) is 5.75 Å². The van der Waals surface area contributed by atoms with Gasteiger partial charge in [-0.05, 0) is 55.5 Å². The summed E-state index contributed by atoms with van der Waals surface area (Å²) >= 11 is 5.91. The molecule has 0 fully saturated rings. The van der Waals surface area contributed by atoms with Crippen molar-refractivity contribution >= 4 is 17.6 Å². The number of hydrogen-bond donors (Lipinski definition) is 0. The molecule has 3 aromatic rings. The minimum Gasteiger partial charge on any atom is -0.486 e. The molecule has 0 aliphatic carbocycles. The van der Waals surface area contributed by atoms with Crippen LogP contribution in [0.2, 0.25) is 5.02 Å². The summed E-state index contributed by atoms with van der Waals surface area (Å²) in [5, 5.41) is 5.11. The van der Waals surface area contributed by atoms with Gasteiger partial charge in [-0.2, -0.15) is 0 Å². The summed E-state index contributed by atoms with van der Waals surface area (Å²) in [6.45, 7) is 2.09. The molecular formula is C18H16ClN3O3. The van der Waals surface area contributed by atoms with Crippen molar-refractivity contribution in [3.8, 4) is 11.4 Å². The van der Waals surface area contributed by atoms with Gasteiger partial charge >= 0.3 is 5.97 Å². The van der Waals surface area contributed by atoms with Gasteiger partial charge in [0.15, 0.2) is 5.82 Å². The first-order chi connectivity index (χ1) is 12.1. The molecule has 128 valence electrons. The summed E-state index contributed by atoms with van der Waals surface area (Å²) in [6.07, 6.45) is 0. The van der Waals surface area contributed by atoms with Crippen LogP contribution in [0.4, 0.5) is 0 Å². The molecule has 0 N–H and O–H groups in total. The van der Waals surface area contributed by atoms with Crippen molar-refractivity contribution < 1.29 is 14.3 Å². The second-order valence-corrected chi connectivity index (χ2v) is 5.70. The van der Waals surface area contributed by atoms with Gasteiger partial charge in [-0.25, -0.2) is 14.5 Å². The van der Waals surface area contributed by atoms with Crippen LogP contribution >= 0.6 is 11.6 Å². The fraction of sp³-hybridized carbons (Fsp3) is 0.167. The number of carbonyl (C=O) groups is 1. The van der Waals surface area contributed by atoms with Gasteiger partial charge in [0.05, 0.1) is 18.4 Å². The second kappa shape index (κ2) is 7.36. The van der Waals surface area contributed by atoms with Crippen molar-refractivity contribution in [1.29, 1.82) is 0 Å². The first-order valence-corrected chi connectivity index (χ1v) is 7.94. The van der Waals surface area contributed by atoms with E-state index in [0.717, 1.165) is 11.5 Å². The Labute approximate surface area is 150 Å². The molecule has 0 saturated carbocycles. The fourth-order valence-electron chi connectivity index (χ4n) is 2.29. The molecule has 6 nitrogen and oxygen atoms in total. The van der Waals surface area contributed by atoms with E-state index in [0.29, 0.717) is 22.2 Å². The Morgan fingerprint density at radius 2 is 1.80 bits per heavy atom. The monoisotopic (exact) mass is 357 g/mol. The first kappa shape index (κ1) is 17.0. The lowest BCUT2D eigenvalue weighted by molar-refractivity contribution is 0.0600. The third kappa shape index (κ3) is 3.97. The van der Waals surface area contributed by atoms with E-state index >= 15 is 0 Å². The van der Waals surface area contributed by atoms with E-state index in [4.69, 9.17) is 16.3 Å². The lowest BCUT2D eigenvalue weighted by Gasteiger charge is -2.05. The largest absolute Gasteiger partial charge is 0.486 e. The molecule has 0 saturated heterocycles. The van der Waals surface area contributed by atoms with Crippen molar-refractivity contribution in [2.75, 3.05) is 7.11 Å². The van der Waals surface area contributed by atoms with Crippen molar-refractivity contribution in [2.24, 2.45) is 0 Å². The summed E-state index contributed by atoms with van der Waals surface area (Å²) in [5.41, 5.74) is 1.35. The average Bonchev–Trinajstić information content (AvgIpc) is 3.01. The van der Waals surface area contributed by atoms with Crippen LogP contribution in [0.25, 0.3) is 5.69 Å². The Bertz CT molecular complexity index is 874. The maximum Gasteiger partial charge on any atom is 0.337 e. The van der Waals surface area contributed by atoms with Crippen molar-refractivity contribution in [1.82, 2.24) is 14.8 Å². The van der Waals surface area contributed by atoms with Gasteiger partial charge in [0.2, 0.25) is 0 Å². The molecule has 0 spiro atoms. The molecule has 1 heterocycles. The topological polar surface area (TPSA) is 66.2 Å². The van der Waals surface area contributed by atoms with E-state index in [2.05, 4.69) is 14.8 Å². The molecular weight excluding hydrogens is 342 g/mol. The quantitative estimate of drug-likeness (QED) is 0.653. The number of halogens is 1. The number of ether oxygens (including phenoxy) is 2. The number of methoxy groups -OCH3 is 1. The number of aromatic nitrogens is 3. The predicted molar refractivity (Wildman–Crippen MR) is 93.2 cm³/mol. The standard InChI is InChI=1S/C18H16ClN3O3/c1-12-20-17(21-22(12)15-7-5-14(19)6-8-15)11-25-16-9-3-13(4-10-16)18(23)24-2/h3-10H,11H2,1-2H3. The van der Waals surface area contributed by atoms with Crippen molar-refractivity contribution in [3.63, 3.8) is 0 Å². The summed E-state index contributed by atoms with van der Waals surface area (Å²) in [4.78, 5) is 15.8. The molecule has 0 aliphatic rings. The van der Waals surface area contributed by atoms with Crippen LogP contribution in [-0.4, -0.2) is 27.8 Å². The molecule has 25 heavy (non-hydrogen) atoms. The van der Waals surface area contributed by atoms with Crippen LogP contribution < -0.4 is 4.74 Å². The highest BCUT2D eigenvalue weighted by Gasteiger charge is 2.09. The number of rotatable bonds is 5. The molecule has 0 amide bonds. The lowest BCUT2D eigenvalue weighted by atomic mass is 10.2. The van der Waals surface area contributed by atoms with E-state index in [1.54, 1.807) is 41.1 Å². The van der Waals surface area contributed by atoms with Gasteiger partial charge in [0.25, 0.3) is 0 Å². The highest BCUT2D eigenvalue weighted by Crippen LogP contribution is 2.16. The van der Waals surface area contributed by atoms with E-state index in [1.165, 1.54) is 7.11 Å². The predicted octanol–water partition coefficient (Wildman–Crippen LogP) is 3.59. The third-order valence-electron chi connectivity index (χ3n) is 3.53. The van der Waals surface area contributed by atoms with E-state index in [9.17, 15) is 4.79 Å². The Morgan fingerprint density at radius 1 is 1.12 bits per heavy atom. The summed E-state index contributed by atoms with van der Waals surface area (Å²) in [6, 6.07) is 14.1. The molecule has 0 radical (unpaired) electrons. The van der Waals surface area contributed by atoms with E-state index in [1.807, 2.05) is 19.1 Å². The first-order valence-electron chi connectivity index (χ1n) is 7.56. The lowest BCUT2D eigenvalue weighted by Crippen LogP contribution is -2.02.